The Morgan fingerprint density at radius 3 is 1.88 bits per heavy atom. The molecule has 0 bridgehead atoms. The number of hydrogen-bond donors (Lipinski definition) is 4. The molecule has 1 aromatic rings. The number of benzene rings is 1. The van der Waals surface area contributed by atoms with Crippen LogP contribution in [0.3, 0.4) is 0 Å². The maximum atomic E-state index is 13.2. The fraction of sp³-hybridized carbons (Fsp3) is 0.586. The van der Waals surface area contributed by atoms with Crippen molar-refractivity contribution in [1.82, 2.24) is 21.3 Å². The van der Waals surface area contributed by atoms with Crippen molar-refractivity contribution in [2.24, 2.45) is 11.8 Å². The number of carbonyl (C=O) groups is 4. The predicted molar refractivity (Wildman–Crippen MR) is 157 cm³/mol. The molecule has 0 aliphatic rings. The number of sulfone groups is 1. The number of amides is 4. The maximum Gasteiger partial charge on any atom is 0.243 e. The van der Waals surface area contributed by atoms with E-state index in [9.17, 15) is 27.6 Å². The molecule has 0 aliphatic carbocycles. The third-order valence-electron chi connectivity index (χ3n) is 5.96. The molecule has 0 aliphatic heterocycles. The maximum absolute atomic E-state index is 13.2. The largest absolute Gasteiger partial charge is 0.348 e. The van der Waals surface area contributed by atoms with Crippen LogP contribution in [0.15, 0.2) is 41.8 Å². The van der Waals surface area contributed by atoms with E-state index in [-0.39, 0.29) is 17.7 Å². The molecule has 4 amide bonds. The lowest BCUT2D eigenvalue weighted by Gasteiger charge is -2.26. The molecule has 0 heterocycles. The molecule has 1 rings (SSSR count). The molecule has 1 aromatic carbocycles. The summed E-state index contributed by atoms with van der Waals surface area (Å²) in [4.78, 5) is 51.0. The normalized spacial score (nSPS) is 14.8. The standard InChI is InChI=1S/C29H46N4O6S/c1-19(2)17-24(15-16-40(7,38)39)32-27(35)21(5)30-29(37)26(18-20(3)4)33-28(36)25(31-22(6)34)14-13-23-11-9-8-10-12-23/h8-12,15-16,19-21,24-26H,13-14,17-18H2,1-7H3,(H,30,37)(H,31,34)(H,32,35)(H,33,36). The van der Waals surface area contributed by atoms with Crippen LogP contribution in [0.2, 0.25) is 0 Å². The number of aryl methyl sites for hydroxylation is 1. The topological polar surface area (TPSA) is 151 Å². The molecule has 11 heteroatoms. The molecule has 4 atom stereocenters. The minimum Gasteiger partial charge on any atom is -0.348 e. The van der Waals surface area contributed by atoms with E-state index in [4.69, 9.17) is 0 Å². The average Bonchev–Trinajstić information content (AvgIpc) is 2.83. The molecule has 40 heavy (non-hydrogen) atoms. The van der Waals surface area contributed by atoms with Gasteiger partial charge in [-0.25, -0.2) is 8.42 Å². The quantitative estimate of drug-likeness (QED) is 0.236. The summed E-state index contributed by atoms with van der Waals surface area (Å²) < 4.78 is 23.1. The van der Waals surface area contributed by atoms with Gasteiger partial charge in [-0.15, -0.1) is 0 Å². The third-order valence-corrected chi connectivity index (χ3v) is 6.61. The van der Waals surface area contributed by atoms with Crippen LogP contribution in [0.1, 0.15) is 66.4 Å². The number of rotatable bonds is 16. The summed E-state index contributed by atoms with van der Waals surface area (Å²) in [5.74, 6) is -1.60. The first-order valence-electron chi connectivity index (χ1n) is 13.7. The summed E-state index contributed by atoms with van der Waals surface area (Å²) in [6, 6.07) is 6.34. The fourth-order valence-corrected chi connectivity index (χ4v) is 4.54. The molecule has 0 spiro atoms. The van der Waals surface area contributed by atoms with E-state index in [1.165, 1.54) is 19.9 Å². The first-order valence-corrected chi connectivity index (χ1v) is 15.6. The van der Waals surface area contributed by atoms with E-state index in [2.05, 4.69) is 21.3 Å². The summed E-state index contributed by atoms with van der Waals surface area (Å²) in [6.07, 6.45) is 4.25. The summed E-state index contributed by atoms with van der Waals surface area (Å²) >= 11 is 0. The van der Waals surface area contributed by atoms with Crippen LogP contribution in [0.25, 0.3) is 0 Å². The van der Waals surface area contributed by atoms with Crippen LogP contribution in [0.4, 0.5) is 0 Å². The van der Waals surface area contributed by atoms with E-state index in [0.717, 1.165) is 17.2 Å². The van der Waals surface area contributed by atoms with Crippen molar-refractivity contribution in [2.75, 3.05) is 6.26 Å². The lowest BCUT2D eigenvalue weighted by molar-refractivity contribution is -0.133. The summed E-state index contributed by atoms with van der Waals surface area (Å²) in [7, 11) is -3.37. The van der Waals surface area contributed by atoms with Gasteiger partial charge in [-0.2, -0.15) is 0 Å². The average molecular weight is 579 g/mol. The van der Waals surface area contributed by atoms with Crippen molar-refractivity contribution in [3.63, 3.8) is 0 Å². The summed E-state index contributed by atoms with van der Waals surface area (Å²) in [5.41, 5.74) is 1.02. The molecule has 0 aromatic heterocycles. The Kier molecular flexibility index (Phi) is 14.6. The number of nitrogens with one attached hydrogen (secondary N) is 4. The van der Waals surface area contributed by atoms with Crippen molar-refractivity contribution in [3.8, 4) is 0 Å². The zero-order chi connectivity index (χ0) is 30.5. The van der Waals surface area contributed by atoms with Crippen LogP contribution in [-0.2, 0) is 35.4 Å². The summed E-state index contributed by atoms with van der Waals surface area (Å²) in [5, 5.41) is 11.9. The Morgan fingerprint density at radius 2 is 1.35 bits per heavy atom. The highest BCUT2D eigenvalue weighted by molar-refractivity contribution is 7.93. The number of carbonyl (C=O) groups excluding carboxylic acids is 4. The molecule has 0 saturated heterocycles. The van der Waals surface area contributed by atoms with Crippen molar-refractivity contribution in [3.05, 3.63) is 47.4 Å². The second-order valence-corrected chi connectivity index (χ2v) is 13.0. The van der Waals surface area contributed by atoms with Crippen LogP contribution < -0.4 is 21.3 Å². The molecule has 4 N–H and O–H groups in total. The van der Waals surface area contributed by atoms with E-state index < -0.39 is 51.7 Å². The summed E-state index contributed by atoms with van der Waals surface area (Å²) in [6.45, 7) is 10.6. The van der Waals surface area contributed by atoms with Crippen LogP contribution in [0.5, 0.6) is 0 Å². The van der Waals surface area contributed by atoms with Crippen molar-refractivity contribution >= 4 is 33.5 Å². The van der Waals surface area contributed by atoms with Gasteiger partial charge in [0.1, 0.15) is 18.1 Å². The molecule has 224 valence electrons. The molecule has 0 saturated carbocycles. The zero-order valence-electron chi connectivity index (χ0n) is 24.7. The van der Waals surface area contributed by atoms with Gasteiger partial charge in [-0.1, -0.05) is 64.1 Å². The Bertz CT molecular complexity index is 1120. The minimum absolute atomic E-state index is 0.0558. The fourth-order valence-electron chi connectivity index (χ4n) is 4.06. The van der Waals surface area contributed by atoms with E-state index in [0.29, 0.717) is 25.7 Å². The first-order chi connectivity index (χ1) is 18.6. The van der Waals surface area contributed by atoms with Gasteiger partial charge in [0, 0.05) is 24.6 Å². The van der Waals surface area contributed by atoms with Gasteiger partial charge in [0.2, 0.25) is 23.6 Å². The molecule has 0 radical (unpaired) electrons. The van der Waals surface area contributed by atoms with E-state index in [1.807, 2.05) is 58.0 Å². The Balaban J connectivity index is 2.93. The number of hydrogen-bond acceptors (Lipinski definition) is 6. The smallest absolute Gasteiger partial charge is 0.243 e. The zero-order valence-corrected chi connectivity index (χ0v) is 25.5. The molecular formula is C29H46N4O6S. The first kappa shape index (κ1) is 34.8. The third kappa shape index (κ3) is 14.8. The highest BCUT2D eigenvalue weighted by atomic mass is 32.2. The Hall–Kier alpha value is -3.21. The van der Waals surface area contributed by atoms with Crippen molar-refractivity contribution in [2.45, 2.75) is 91.4 Å². The molecule has 4 unspecified atom stereocenters. The SMILES string of the molecule is CC(=O)NC(CCc1ccccc1)C(=O)NC(CC(C)C)C(=O)NC(C)C(=O)NC(C=CS(C)(=O)=O)CC(C)C. The van der Waals surface area contributed by atoms with Gasteiger partial charge in [-0.3, -0.25) is 19.2 Å². The van der Waals surface area contributed by atoms with Crippen molar-refractivity contribution in [1.29, 1.82) is 0 Å². The van der Waals surface area contributed by atoms with Crippen LogP contribution in [-0.4, -0.2) is 62.5 Å². The minimum atomic E-state index is -3.37. The van der Waals surface area contributed by atoms with Gasteiger partial charge in [0.25, 0.3) is 0 Å². The lowest BCUT2D eigenvalue weighted by atomic mass is 10.0. The van der Waals surface area contributed by atoms with E-state index in [1.54, 1.807) is 0 Å². The van der Waals surface area contributed by atoms with E-state index >= 15 is 0 Å². The van der Waals surface area contributed by atoms with Crippen LogP contribution in [0, 0.1) is 11.8 Å². The highest BCUT2D eigenvalue weighted by Gasteiger charge is 2.29. The molecule has 10 nitrogen and oxygen atoms in total. The van der Waals surface area contributed by atoms with Gasteiger partial charge >= 0.3 is 0 Å². The Morgan fingerprint density at radius 1 is 0.775 bits per heavy atom. The van der Waals surface area contributed by atoms with Gasteiger partial charge in [-0.05, 0) is 50.0 Å². The van der Waals surface area contributed by atoms with Gasteiger partial charge in [0.05, 0.1) is 0 Å². The monoisotopic (exact) mass is 578 g/mol. The van der Waals surface area contributed by atoms with Crippen molar-refractivity contribution < 1.29 is 27.6 Å². The Labute approximate surface area is 239 Å². The second kappa shape index (κ2) is 16.8. The van der Waals surface area contributed by atoms with Gasteiger partial charge in [0.15, 0.2) is 9.84 Å². The molecule has 0 fully saturated rings. The predicted octanol–water partition coefficient (Wildman–Crippen LogP) is 2.25. The molecular weight excluding hydrogens is 532 g/mol. The van der Waals surface area contributed by atoms with Gasteiger partial charge < -0.3 is 21.3 Å². The highest BCUT2D eigenvalue weighted by Crippen LogP contribution is 2.10. The second-order valence-electron chi connectivity index (χ2n) is 11.1. The lowest BCUT2D eigenvalue weighted by Crippen LogP contribution is -2.56. The van der Waals surface area contributed by atoms with Crippen LogP contribution >= 0.6 is 0 Å².